The summed E-state index contributed by atoms with van der Waals surface area (Å²) in [7, 11) is 0. The Morgan fingerprint density at radius 1 is 0.806 bits per heavy atom. The fourth-order valence-electron chi connectivity index (χ4n) is 3.68. The van der Waals surface area contributed by atoms with E-state index in [-0.39, 0.29) is 17.9 Å². The Morgan fingerprint density at radius 3 is 1.72 bits per heavy atom. The number of hydrogen-bond donors (Lipinski definition) is 2. The molecule has 3 aromatic carbocycles. The van der Waals surface area contributed by atoms with Gasteiger partial charge in [0.15, 0.2) is 0 Å². The zero-order chi connectivity index (χ0) is 26.1. The molecule has 0 radical (unpaired) electrons. The molecular weight excluding hydrogens is 464 g/mol. The van der Waals surface area contributed by atoms with Gasteiger partial charge in [0.25, 0.3) is 17.3 Å². The van der Waals surface area contributed by atoms with E-state index in [4.69, 9.17) is 0 Å². The highest BCUT2D eigenvalue weighted by Gasteiger charge is 2.29. The minimum absolute atomic E-state index is 0.194. The second kappa shape index (κ2) is 12.0. The van der Waals surface area contributed by atoms with Crippen molar-refractivity contribution in [3.63, 3.8) is 0 Å². The van der Waals surface area contributed by atoms with E-state index in [9.17, 15) is 29.8 Å². The van der Waals surface area contributed by atoms with Crippen molar-refractivity contribution in [2.75, 3.05) is 0 Å². The highest BCUT2D eigenvalue weighted by atomic mass is 16.6. The molecule has 0 saturated carbocycles. The van der Waals surface area contributed by atoms with Crippen molar-refractivity contribution in [2.45, 2.75) is 24.9 Å². The standard InChI is InChI=1S/C26H24N4O6/c1-2-3-14-23(31)27-24(18-10-6-4-7-11-18)25(19-12-8-5-9-13-19)28-26(32)20-15-21(29(33)34)17-22(16-20)30(35)36/h2,4-13,15-17,24-25H,1,3,14H2,(H,27,31)(H,28,32). The Morgan fingerprint density at radius 2 is 1.28 bits per heavy atom. The lowest BCUT2D eigenvalue weighted by Crippen LogP contribution is -2.40. The predicted octanol–water partition coefficient (Wildman–Crippen LogP) is 4.80. The minimum atomic E-state index is -0.801. The van der Waals surface area contributed by atoms with Crippen LogP contribution < -0.4 is 10.6 Å². The van der Waals surface area contributed by atoms with Crippen LogP contribution in [0.3, 0.4) is 0 Å². The molecule has 0 aliphatic carbocycles. The fourth-order valence-corrected chi connectivity index (χ4v) is 3.68. The fraction of sp³-hybridized carbons (Fsp3) is 0.154. The molecule has 36 heavy (non-hydrogen) atoms. The van der Waals surface area contributed by atoms with Gasteiger partial charge in [-0.15, -0.1) is 6.58 Å². The summed E-state index contributed by atoms with van der Waals surface area (Å²) < 4.78 is 0. The summed E-state index contributed by atoms with van der Waals surface area (Å²) in [5.74, 6) is -1.03. The number of nitro benzene ring substituents is 2. The van der Waals surface area contributed by atoms with E-state index in [0.29, 0.717) is 17.5 Å². The molecule has 0 aliphatic rings. The second-order valence-corrected chi connectivity index (χ2v) is 7.90. The monoisotopic (exact) mass is 488 g/mol. The second-order valence-electron chi connectivity index (χ2n) is 7.90. The number of amides is 2. The van der Waals surface area contributed by atoms with Crippen LogP contribution in [0, 0.1) is 20.2 Å². The van der Waals surface area contributed by atoms with Crippen LogP contribution in [0.25, 0.3) is 0 Å². The number of nitro groups is 2. The molecular formula is C26H24N4O6. The van der Waals surface area contributed by atoms with E-state index in [2.05, 4.69) is 17.2 Å². The zero-order valence-electron chi connectivity index (χ0n) is 19.2. The van der Waals surface area contributed by atoms with Crippen molar-refractivity contribution >= 4 is 23.2 Å². The molecule has 0 heterocycles. The number of non-ortho nitro benzene ring substituents is 2. The maximum Gasteiger partial charge on any atom is 0.277 e. The number of hydrogen-bond acceptors (Lipinski definition) is 6. The lowest BCUT2D eigenvalue weighted by Gasteiger charge is -2.30. The molecule has 0 aromatic heterocycles. The molecule has 0 spiro atoms. The first-order valence-electron chi connectivity index (χ1n) is 11.0. The van der Waals surface area contributed by atoms with E-state index < -0.39 is 39.2 Å². The molecule has 10 nitrogen and oxygen atoms in total. The Hall–Kier alpha value is -4.86. The molecule has 0 saturated heterocycles. The van der Waals surface area contributed by atoms with Crippen molar-refractivity contribution in [3.8, 4) is 0 Å². The zero-order valence-corrected chi connectivity index (χ0v) is 19.2. The average molecular weight is 489 g/mol. The third-order valence-electron chi connectivity index (χ3n) is 5.42. The number of benzene rings is 3. The van der Waals surface area contributed by atoms with Gasteiger partial charge in [-0.25, -0.2) is 0 Å². The number of nitrogens with zero attached hydrogens (tertiary/aromatic N) is 2. The number of nitrogens with one attached hydrogen (secondary N) is 2. The van der Waals surface area contributed by atoms with Crippen LogP contribution in [0.5, 0.6) is 0 Å². The van der Waals surface area contributed by atoms with Crippen molar-refractivity contribution in [1.29, 1.82) is 0 Å². The molecule has 0 aliphatic heterocycles. The predicted molar refractivity (Wildman–Crippen MR) is 133 cm³/mol. The lowest BCUT2D eigenvalue weighted by molar-refractivity contribution is -0.394. The third-order valence-corrected chi connectivity index (χ3v) is 5.42. The summed E-state index contributed by atoms with van der Waals surface area (Å²) in [5.41, 5.74) is -0.0418. The SMILES string of the molecule is C=CCCC(=O)NC(c1ccccc1)C(NC(=O)c1cc([N+](=O)[O-])cc([N+](=O)[O-])c1)c1ccccc1. The summed E-state index contributed by atoms with van der Waals surface area (Å²) in [6.45, 7) is 3.63. The number of carbonyl (C=O) groups excluding carboxylic acids is 2. The first kappa shape index (κ1) is 25.8. The van der Waals surface area contributed by atoms with Gasteiger partial charge < -0.3 is 10.6 Å². The molecule has 0 fully saturated rings. The molecule has 3 aromatic rings. The van der Waals surface area contributed by atoms with Gasteiger partial charge in [-0.05, 0) is 17.5 Å². The topological polar surface area (TPSA) is 144 Å². The van der Waals surface area contributed by atoms with E-state index in [1.165, 1.54) is 0 Å². The van der Waals surface area contributed by atoms with Gasteiger partial charge in [-0.2, -0.15) is 0 Å². The van der Waals surface area contributed by atoms with Gasteiger partial charge in [0.1, 0.15) is 0 Å². The van der Waals surface area contributed by atoms with Crippen LogP contribution in [-0.2, 0) is 4.79 Å². The Balaban J connectivity index is 2.05. The van der Waals surface area contributed by atoms with Crippen molar-refractivity contribution in [3.05, 3.63) is 128 Å². The van der Waals surface area contributed by atoms with Crippen LogP contribution in [0.4, 0.5) is 11.4 Å². The first-order valence-corrected chi connectivity index (χ1v) is 11.0. The summed E-state index contributed by atoms with van der Waals surface area (Å²) >= 11 is 0. The van der Waals surface area contributed by atoms with Gasteiger partial charge in [-0.3, -0.25) is 29.8 Å². The smallest absolute Gasteiger partial charge is 0.277 e. The molecule has 0 bridgehead atoms. The summed E-state index contributed by atoms with van der Waals surface area (Å²) in [6.07, 6.45) is 2.29. The maximum atomic E-state index is 13.3. The van der Waals surface area contributed by atoms with Gasteiger partial charge in [0.2, 0.25) is 5.91 Å². The summed E-state index contributed by atoms with van der Waals surface area (Å²) in [4.78, 5) is 47.0. The quantitative estimate of drug-likeness (QED) is 0.225. The Kier molecular flexibility index (Phi) is 8.60. The Bertz CT molecular complexity index is 1230. The van der Waals surface area contributed by atoms with Gasteiger partial charge in [0.05, 0.1) is 33.6 Å². The maximum absolute atomic E-state index is 13.3. The minimum Gasteiger partial charge on any atom is -0.347 e. The number of carbonyl (C=O) groups is 2. The van der Waals surface area contributed by atoms with Crippen LogP contribution in [0.2, 0.25) is 0 Å². The summed E-state index contributed by atoms with van der Waals surface area (Å²) in [6, 6.07) is 19.1. The molecule has 10 heteroatoms. The molecule has 2 atom stereocenters. The van der Waals surface area contributed by atoms with Crippen molar-refractivity contribution < 1.29 is 19.4 Å². The number of rotatable bonds is 11. The lowest BCUT2D eigenvalue weighted by atomic mass is 9.92. The van der Waals surface area contributed by atoms with Crippen LogP contribution >= 0.6 is 0 Å². The normalized spacial score (nSPS) is 12.1. The molecule has 2 amide bonds. The van der Waals surface area contributed by atoms with Crippen molar-refractivity contribution in [1.82, 2.24) is 10.6 Å². The third kappa shape index (κ3) is 6.60. The Labute approximate surface area is 207 Å². The molecule has 2 N–H and O–H groups in total. The molecule has 184 valence electrons. The summed E-state index contributed by atoms with van der Waals surface area (Å²) in [5, 5.41) is 28.4. The largest absolute Gasteiger partial charge is 0.347 e. The van der Waals surface area contributed by atoms with Crippen molar-refractivity contribution in [2.24, 2.45) is 0 Å². The first-order chi connectivity index (χ1) is 17.3. The van der Waals surface area contributed by atoms with Gasteiger partial charge in [-0.1, -0.05) is 66.7 Å². The van der Waals surface area contributed by atoms with Crippen LogP contribution in [0.1, 0.15) is 46.4 Å². The molecule has 2 unspecified atom stereocenters. The van der Waals surface area contributed by atoms with E-state index in [1.54, 1.807) is 60.7 Å². The average Bonchev–Trinajstić information content (AvgIpc) is 2.89. The van der Waals surface area contributed by atoms with Gasteiger partial charge in [0, 0.05) is 18.6 Å². The highest BCUT2D eigenvalue weighted by Crippen LogP contribution is 2.30. The van der Waals surface area contributed by atoms with Crippen LogP contribution in [0.15, 0.2) is 91.5 Å². The van der Waals surface area contributed by atoms with Crippen LogP contribution in [-0.4, -0.2) is 21.7 Å². The highest BCUT2D eigenvalue weighted by molar-refractivity contribution is 5.96. The van der Waals surface area contributed by atoms with E-state index >= 15 is 0 Å². The van der Waals surface area contributed by atoms with E-state index in [0.717, 1.165) is 18.2 Å². The van der Waals surface area contributed by atoms with Gasteiger partial charge >= 0.3 is 0 Å². The molecule has 3 rings (SSSR count). The number of allylic oxidation sites excluding steroid dienone is 1. The van der Waals surface area contributed by atoms with E-state index in [1.807, 2.05) is 6.07 Å².